The maximum absolute atomic E-state index is 9.56. The minimum absolute atomic E-state index is 0.479. The molecule has 0 bridgehead atoms. The first kappa shape index (κ1) is 12.1. The molecule has 1 N–H and O–H groups in total. The number of hydrogen-bond acceptors (Lipinski definition) is 3. The minimum Gasteiger partial charge on any atom is -0.493 e. The first-order valence-corrected chi connectivity index (χ1v) is 4.99. The predicted octanol–water partition coefficient (Wildman–Crippen LogP) is 2.72. The third kappa shape index (κ3) is 2.19. The quantitative estimate of drug-likeness (QED) is 0.868. The molecule has 0 heterocycles. The van der Waals surface area contributed by atoms with E-state index >= 15 is 0 Å². The van der Waals surface area contributed by atoms with Crippen molar-refractivity contribution in [2.45, 2.75) is 20.0 Å². The number of benzene rings is 1. The van der Waals surface area contributed by atoms with Gasteiger partial charge < -0.3 is 14.6 Å². The standard InChI is InChI=1S/C11H15ClO3/c1-6-8(7(2)13)5-9(14-3)11(15-4)10(6)12/h5,7,13H,1-4H3. The van der Waals surface area contributed by atoms with Gasteiger partial charge in [0.2, 0.25) is 0 Å². The Morgan fingerprint density at radius 3 is 2.33 bits per heavy atom. The molecule has 0 fully saturated rings. The van der Waals surface area contributed by atoms with E-state index in [1.165, 1.54) is 14.2 Å². The molecule has 84 valence electrons. The minimum atomic E-state index is -0.581. The topological polar surface area (TPSA) is 38.7 Å². The fourth-order valence-electron chi connectivity index (χ4n) is 1.50. The lowest BCUT2D eigenvalue weighted by Gasteiger charge is -2.16. The Morgan fingerprint density at radius 1 is 1.33 bits per heavy atom. The molecule has 1 aromatic rings. The monoisotopic (exact) mass is 230 g/mol. The summed E-state index contributed by atoms with van der Waals surface area (Å²) in [7, 11) is 3.07. The number of rotatable bonds is 3. The molecule has 0 aliphatic heterocycles. The Hall–Kier alpha value is -0.930. The van der Waals surface area contributed by atoms with Gasteiger partial charge in [-0.2, -0.15) is 0 Å². The second kappa shape index (κ2) is 4.73. The number of aliphatic hydroxyl groups is 1. The molecule has 0 radical (unpaired) electrons. The highest BCUT2D eigenvalue weighted by Crippen LogP contribution is 2.40. The third-order valence-corrected chi connectivity index (χ3v) is 2.80. The SMILES string of the molecule is COc1cc(C(C)O)c(C)c(Cl)c1OC. The van der Waals surface area contributed by atoms with Gasteiger partial charge in [-0.3, -0.25) is 0 Å². The van der Waals surface area contributed by atoms with Crippen molar-refractivity contribution in [2.75, 3.05) is 14.2 Å². The number of aliphatic hydroxyl groups excluding tert-OH is 1. The van der Waals surface area contributed by atoms with Crippen LogP contribution in [-0.2, 0) is 0 Å². The maximum Gasteiger partial charge on any atom is 0.179 e. The molecule has 1 unspecified atom stereocenters. The normalized spacial score (nSPS) is 12.4. The van der Waals surface area contributed by atoms with Crippen LogP contribution in [0.2, 0.25) is 5.02 Å². The van der Waals surface area contributed by atoms with Gasteiger partial charge >= 0.3 is 0 Å². The van der Waals surface area contributed by atoms with E-state index < -0.39 is 6.10 Å². The summed E-state index contributed by atoms with van der Waals surface area (Å²) in [4.78, 5) is 0. The fourth-order valence-corrected chi connectivity index (χ4v) is 1.78. The molecule has 3 nitrogen and oxygen atoms in total. The molecule has 0 saturated carbocycles. The molecule has 0 saturated heterocycles. The van der Waals surface area contributed by atoms with Gasteiger partial charge in [-0.05, 0) is 31.0 Å². The van der Waals surface area contributed by atoms with Crippen molar-refractivity contribution in [3.8, 4) is 11.5 Å². The number of hydrogen-bond donors (Lipinski definition) is 1. The summed E-state index contributed by atoms with van der Waals surface area (Å²) in [5.41, 5.74) is 1.56. The van der Waals surface area contributed by atoms with Crippen LogP contribution in [-0.4, -0.2) is 19.3 Å². The van der Waals surface area contributed by atoms with Crippen molar-refractivity contribution in [1.82, 2.24) is 0 Å². The molecule has 1 aromatic carbocycles. The van der Waals surface area contributed by atoms with E-state index in [1.807, 2.05) is 6.92 Å². The van der Waals surface area contributed by atoms with Crippen LogP contribution in [0.3, 0.4) is 0 Å². The Bertz CT molecular complexity index is 361. The van der Waals surface area contributed by atoms with Crippen LogP contribution in [0.25, 0.3) is 0 Å². The van der Waals surface area contributed by atoms with Crippen molar-refractivity contribution in [3.05, 3.63) is 22.2 Å². The lowest BCUT2D eigenvalue weighted by atomic mass is 10.0. The summed E-state index contributed by atoms with van der Waals surface area (Å²) in [6.45, 7) is 3.52. The average Bonchev–Trinajstić information content (AvgIpc) is 2.21. The second-order valence-electron chi connectivity index (χ2n) is 3.32. The van der Waals surface area contributed by atoms with E-state index in [1.54, 1.807) is 13.0 Å². The molecular formula is C11H15ClO3. The van der Waals surface area contributed by atoms with E-state index in [9.17, 15) is 5.11 Å². The predicted molar refractivity (Wildman–Crippen MR) is 59.9 cm³/mol. The average molecular weight is 231 g/mol. The summed E-state index contributed by atoms with van der Waals surface area (Å²) in [6.07, 6.45) is -0.581. The molecule has 0 amide bonds. The van der Waals surface area contributed by atoms with Gasteiger partial charge in [0.05, 0.1) is 25.3 Å². The van der Waals surface area contributed by atoms with E-state index in [4.69, 9.17) is 21.1 Å². The first-order chi connectivity index (χ1) is 7.02. The molecule has 15 heavy (non-hydrogen) atoms. The zero-order chi connectivity index (χ0) is 11.6. The van der Waals surface area contributed by atoms with Gasteiger partial charge in [-0.15, -0.1) is 0 Å². The molecular weight excluding hydrogens is 216 g/mol. The second-order valence-corrected chi connectivity index (χ2v) is 3.69. The highest BCUT2D eigenvalue weighted by molar-refractivity contribution is 6.33. The third-order valence-electron chi connectivity index (χ3n) is 2.35. The molecule has 0 aromatic heterocycles. The van der Waals surface area contributed by atoms with E-state index in [-0.39, 0.29) is 0 Å². The van der Waals surface area contributed by atoms with Crippen molar-refractivity contribution in [3.63, 3.8) is 0 Å². The Morgan fingerprint density at radius 2 is 1.93 bits per heavy atom. The summed E-state index contributed by atoms with van der Waals surface area (Å²) in [6, 6.07) is 1.74. The van der Waals surface area contributed by atoms with Gasteiger partial charge in [0.15, 0.2) is 11.5 Å². The highest BCUT2D eigenvalue weighted by atomic mass is 35.5. The Kier molecular flexibility index (Phi) is 3.83. The summed E-state index contributed by atoms with van der Waals surface area (Å²) in [5.74, 6) is 1.03. The van der Waals surface area contributed by atoms with Gasteiger partial charge in [0, 0.05) is 0 Å². The molecule has 1 atom stereocenters. The van der Waals surface area contributed by atoms with Crippen molar-refractivity contribution >= 4 is 11.6 Å². The van der Waals surface area contributed by atoms with Crippen LogP contribution in [0.4, 0.5) is 0 Å². The molecule has 1 rings (SSSR count). The smallest absolute Gasteiger partial charge is 0.179 e. The van der Waals surface area contributed by atoms with Crippen LogP contribution in [0.1, 0.15) is 24.2 Å². The van der Waals surface area contributed by atoms with Crippen LogP contribution in [0.5, 0.6) is 11.5 Å². The van der Waals surface area contributed by atoms with Gasteiger partial charge in [0.25, 0.3) is 0 Å². The molecule has 0 aliphatic carbocycles. The van der Waals surface area contributed by atoms with Crippen molar-refractivity contribution in [1.29, 1.82) is 0 Å². The summed E-state index contributed by atoms with van der Waals surface area (Å²) >= 11 is 6.11. The Labute approximate surface area is 94.6 Å². The maximum atomic E-state index is 9.56. The van der Waals surface area contributed by atoms with Gasteiger partial charge in [-0.1, -0.05) is 11.6 Å². The molecule has 4 heteroatoms. The molecule has 0 aliphatic rings. The zero-order valence-corrected chi connectivity index (χ0v) is 10.1. The first-order valence-electron chi connectivity index (χ1n) is 4.62. The summed E-state index contributed by atoms with van der Waals surface area (Å²) < 4.78 is 10.3. The summed E-state index contributed by atoms with van der Waals surface area (Å²) in [5, 5.41) is 10.0. The van der Waals surface area contributed by atoms with E-state index in [0.717, 1.165) is 11.1 Å². The van der Waals surface area contributed by atoms with Gasteiger partial charge in [0.1, 0.15) is 0 Å². The van der Waals surface area contributed by atoms with Crippen molar-refractivity contribution in [2.24, 2.45) is 0 Å². The number of halogens is 1. The lowest BCUT2D eigenvalue weighted by Crippen LogP contribution is -2.00. The number of methoxy groups -OCH3 is 2. The fraction of sp³-hybridized carbons (Fsp3) is 0.455. The largest absolute Gasteiger partial charge is 0.493 e. The van der Waals surface area contributed by atoms with E-state index in [0.29, 0.717) is 16.5 Å². The van der Waals surface area contributed by atoms with Crippen LogP contribution < -0.4 is 9.47 Å². The zero-order valence-electron chi connectivity index (χ0n) is 9.30. The van der Waals surface area contributed by atoms with Crippen LogP contribution in [0, 0.1) is 6.92 Å². The molecule has 0 spiro atoms. The van der Waals surface area contributed by atoms with E-state index in [2.05, 4.69) is 0 Å². The van der Waals surface area contributed by atoms with Gasteiger partial charge in [-0.25, -0.2) is 0 Å². The van der Waals surface area contributed by atoms with Crippen LogP contribution >= 0.6 is 11.6 Å². The van der Waals surface area contributed by atoms with Crippen LogP contribution in [0.15, 0.2) is 6.07 Å². The van der Waals surface area contributed by atoms with Crippen molar-refractivity contribution < 1.29 is 14.6 Å². The number of ether oxygens (including phenoxy) is 2. The highest BCUT2D eigenvalue weighted by Gasteiger charge is 2.17. The lowest BCUT2D eigenvalue weighted by molar-refractivity contribution is 0.198. The Balaban J connectivity index is 3.42.